The summed E-state index contributed by atoms with van der Waals surface area (Å²) in [5.74, 6) is -0.262. The third-order valence-corrected chi connectivity index (χ3v) is 5.25. The lowest BCUT2D eigenvalue weighted by Gasteiger charge is -2.18. The van der Waals surface area contributed by atoms with Gasteiger partial charge in [0.25, 0.3) is 0 Å². The lowest BCUT2D eigenvalue weighted by atomic mass is 9.99. The first-order valence-electron chi connectivity index (χ1n) is 6.79. The van der Waals surface area contributed by atoms with Crippen LogP contribution in [0.4, 0.5) is 5.69 Å². The molecule has 0 spiro atoms. The van der Waals surface area contributed by atoms with Crippen LogP contribution in [0.1, 0.15) is 20.3 Å². The topological polar surface area (TPSA) is 92.5 Å². The highest BCUT2D eigenvalue weighted by molar-refractivity contribution is 7.89. The molecule has 1 aromatic carbocycles. The Morgan fingerprint density at radius 1 is 1.38 bits per heavy atom. The van der Waals surface area contributed by atoms with Crippen LogP contribution in [0.2, 0.25) is 0 Å². The Labute approximate surface area is 126 Å². The Morgan fingerprint density at radius 3 is 2.52 bits per heavy atom. The quantitative estimate of drug-likeness (QED) is 0.826. The molecule has 2 atom stereocenters. The zero-order valence-corrected chi connectivity index (χ0v) is 13.6. The van der Waals surface area contributed by atoms with E-state index in [-0.39, 0.29) is 16.7 Å². The molecular formula is C14H23N3O3S. The van der Waals surface area contributed by atoms with Crippen LogP contribution in [0.3, 0.4) is 0 Å². The van der Waals surface area contributed by atoms with Crippen molar-refractivity contribution in [3.63, 3.8) is 0 Å². The van der Waals surface area contributed by atoms with Crippen LogP contribution in [0.25, 0.3) is 0 Å². The normalized spacial score (nSPS) is 14.8. The third-order valence-electron chi connectivity index (χ3n) is 3.44. The Bertz CT molecular complexity index is 599. The number of carbonyl (C=O) groups is 1. The molecule has 0 fully saturated rings. The van der Waals surface area contributed by atoms with Crippen LogP contribution in [0.15, 0.2) is 29.2 Å². The van der Waals surface area contributed by atoms with E-state index in [0.717, 1.165) is 10.7 Å². The van der Waals surface area contributed by atoms with E-state index >= 15 is 0 Å². The number of amides is 1. The van der Waals surface area contributed by atoms with Crippen molar-refractivity contribution < 1.29 is 13.2 Å². The minimum Gasteiger partial charge on any atom is -0.325 e. The van der Waals surface area contributed by atoms with Gasteiger partial charge in [-0.05, 0) is 24.1 Å². The summed E-state index contributed by atoms with van der Waals surface area (Å²) in [6, 6.07) is 5.51. The SMILES string of the molecule is CCC(C)C(N)C(=O)Nc1cccc(S(=O)(=O)N(C)C)c1. The van der Waals surface area contributed by atoms with E-state index in [2.05, 4.69) is 5.32 Å². The van der Waals surface area contributed by atoms with Crippen LogP contribution in [-0.4, -0.2) is 38.8 Å². The highest BCUT2D eigenvalue weighted by atomic mass is 32.2. The van der Waals surface area contributed by atoms with E-state index in [1.165, 1.54) is 26.2 Å². The number of nitrogens with two attached hydrogens (primary N) is 1. The zero-order valence-electron chi connectivity index (χ0n) is 12.8. The summed E-state index contributed by atoms with van der Waals surface area (Å²) in [5.41, 5.74) is 6.27. The van der Waals surface area contributed by atoms with Crippen LogP contribution in [0, 0.1) is 5.92 Å². The van der Waals surface area contributed by atoms with Gasteiger partial charge in [0, 0.05) is 19.8 Å². The van der Waals surface area contributed by atoms with E-state index in [9.17, 15) is 13.2 Å². The second kappa shape index (κ2) is 7.02. The van der Waals surface area contributed by atoms with Crippen LogP contribution >= 0.6 is 0 Å². The van der Waals surface area contributed by atoms with E-state index in [4.69, 9.17) is 5.73 Å². The Morgan fingerprint density at radius 2 is 2.00 bits per heavy atom. The predicted octanol–water partition coefficient (Wildman–Crippen LogP) is 1.25. The van der Waals surface area contributed by atoms with Gasteiger partial charge in [-0.3, -0.25) is 4.79 Å². The summed E-state index contributed by atoms with van der Waals surface area (Å²) in [7, 11) is -0.610. The molecule has 0 radical (unpaired) electrons. The van der Waals surface area contributed by atoms with Gasteiger partial charge in [-0.2, -0.15) is 0 Å². The van der Waals surface area contributed by atoms with Gasteiger partial charge in [0.15, 0.2) is 0 Å². The van der Waals surface area contributed by atoms with Crippen molar-refractivity contribution >= 4 is 21.6 Å². The highest BCUT2D eigenvalue weighted by Gasteiger charge is 2.21. The van der Waals surface area contributed by atoms with Crippen LogP contribution < -0.4 is 11.1 Å². The first-order chi connectivity index (χ1) is 9.70. The van der Waals surface area contributed by atoms with Crippen molar-refractivity contribution in [1.82, 2.24) is 4.31 Å². The molecule has 0 saturated heterocycles. The van der Waals surface area contributed by atoms with E-state index in [0.29, 0.717) is 5.69 Å². The van der Waals surface area contributed by atoms with E-state index in [1.54, 1.807) is 12.1 Å². The summed E-state index contributed by atoms with van der Waals surface area (Å²) < 4.78 is 25.2. The minimum atomic E-state index is -3.53. The number of carbonyl (C=O) groups excluding carboxylic acids is 1. The zero-order chi connectivity index (χ0) is 16.2. The molecule has 2 unspecified atom stereocenters. The second-order valence-electron chi connectivity index (χ2n) is 5.22. The molecule has 1 rings (SSSR count). The average molecular weight is 313 g/mol. The Hall–Kier alpha value is -1.44. The van der Waals surface area contributed by atoms with E-state index in [1.807, 2.05) is 13.8 Å². The summed E-state index contributed by atoms with van der Waals surface area (Å²) in [4.78, 5) is 12.1. The molecule has 0 heterocycles. The monoisotopic (exact) mass is 313 g/mol. The largest absolute Gasteiger partial charge is 0.325 e. The molecule has 1 amide bonds. The van der Waals surface area contributed by atoms with Crippen LogP contribution in [-0.2, 0) is 14.8 Å². The number of hydrogen-bond acceptors (Lipinski definition) is 4. The first-order valence-corrected chi connectivity index (χ1v) is 8.23. The number of nitrogens with zero attached hydrogens (tertiary/aromatic N) is 1. The maximum absolute atomic E-state index is 12.0. The van der Waals surface area contributed by atoms with Crippen molar-refractivity contribution in [2.45, 2.75) is 31.2 Å². The number of nitrogens with one attached hydrogen (secondary N) is 1. The first kappa shape index (κ1) is 17.6. The molecular weight excluding hydrogens is 290 g/mol. The number of sulfonamides is 1. The van der Waals surface area contributed by atoms with Crippen molar-refractivity contribution in [2.24, 2.45) is 11.7 Å². The van der Waals surface area contributed by atoms with Crippen molar-refractivity contribution in [3.8, 4) is 0 Å². The van der Waals surface area contributed by atoms with Gasteiger partial charge in [0.2, 0.25) is 15.9 Å². The van der Waals surface area contributed by atoms with Gasteiger partial charge < -0.3 is 11.1 Å². The smallest absolute Gasteiger partial charge is 0.242 e. The maximum atomic E-state index is 12.0. The van der Waals surface area contributed by atoms with Gasteiger partial charge in [-0.1, -0.05) is 26.3 Å². The van der Waals surface area contributed by atoms with Gasteiger partial charge in [0.05, 0.1) is 10.9 Å². The number of hydrogen-bond donors (Lipinski definition) is 2. The fourth-order valence-electron chi connectivity index (χ4n) is 1.68. The second-order valence-corrected chi connectivity index (χ2v) is 7.37. The molecule has 7 heteroatoms. The molecule has 0 bridgehead atoms. The lowest BCUT2D eigenvalue weighted by Crippen LogP contribution is -2.40. The van der Waals surface area contributed by atoms with E-state index < -0.39 is 16.1 Å². The molecule has 3 N–H and O–H groups in total. The van der Waals surface area contributed by atoms with Crippen molar-refractivity contribution in [2.75, 3.05) is 19.4 Å². The fourth-order valence-corrected chi connectivity index (χ4v) is 2.63. The summed E-state index contributed by atoms with van der Waals surface area (Å²) >= 11 is 0. The highest BCUT2D eigenvalue weighted by Crippen LogP contribution is 2.18. The number of rotatable bonds is 6. The summed E-state index contributed by atoms with van der Waals surface area (Å²) in [6.07, 6.45) is 0.795. The van der Waals surface area contributed by atoms with Gasteiger partial charge in [-0.25, -0.2) is 12.7 Å². The maximum Gasteiger partial charge on any atom is 0.242 e. The van der Waals surface area contributed by atoms with Crippen molar-refractivity contribution in [3.05, 3.63) is 24.3 Å². The molecule has 118 valence electrons. The number of benzene rings is 1. The van der Waals surface area contributed by atoms with Gasteiger partial charge in [0.1, 0.15) is 0 Å². The lowest BCUT2D eigenvalue weighted by molar-refractivity contribution is -0.118. The van der Waals surface area contributed by atoms with Gasteiger partial charge >= 0.3 is 0 Å². The molecule has 0 aliphatic carbocycles. The molecule has 0 aliphatic heterocycles. The van der Waals surface area contributed by atoms with Crippen LogP contribution in [0.5, 0.6) is 0 Å². The predicted molar refractivity (Wildman–Crippen MR) is 83.4 cm³/mol. The Balaban J connectivity index is 2.95. The minimum absolute atomic E-state index is 0.0543. The van der Waals surface area contributed by atoms with Gasteiger partial charge in [-0.15, -0.1) is 0 Å². The fraction of sp³-hybridized carbons (Fsp3) is 0.500. The molecule has 0 aromatic heterocycles. The summed E-state index contributed by atoms with van der Waals surface area (Å²) in [6.45, 7) is 3.86. The number of anilines is 1. The van der Waals surface area contributed by atoms with Crippen molar-refractivity contribution in [1.29, 1.82) is 0 Å². The Kier molecular flexibility index (Phi) is 5.88. The molecule has 0 saturated carbocycles. The standard InChI is InChI=1S/C14H23N3O3S/c1-5-10(2)13(15)14(18)16-11-7-6-8-12(9-11)21(19,20)17(3)4/h6-10,13H,5,15H2,1-4H3,(H,16,18). The average Bonchev–Trinajstić information content (AvgIpc) is 2.45. The molecule has 0 aliphatic rings. The molecule has 6 nitrogen and oxygen atoms in total. The molecule has 21 heavy (non-hydrogen) atoms. The summed E-state index contributed by atoms with van der Waals surface area (Å²) in [5, 5.41) is 2.66. The molecule has 1 aromatic rings. The third kappa shape index (κ3) is 4.26.